The minimum atomic E-state index is -2.11. The summed E-state index contributed by atoms with van der Waals surface area (Å²) in [7, 11) is 0. The van der Waals surface area contributed by atoms with E-state index < -0.39 is 134 Å². The number of ketones is 1. The summed E-state index contributed by atoms with van der Waals surface area (Å²) in [6.45, 7) is 11.0. The Kier molecular flexibility index (Phi) is 14.4. The van der Waals surface area contributed by atoms with Crippen molar-refractivity contribution in [2.45, 2.75) is 198 Å². The van der Waals surface area contributed by atoms with Gasteiger partial charge in [0.05, 0.1) is 25.9 Å². The quantitative estimate of drug-likeness (QED) is 0.0860. The molecule has 388 valence electrons. The lowest BCUT2D eigenvalue weighted by Crippen LogP contribution is -2.68. The van der Waals surface area contributed by atoms with Crippen molar-refractivity contribution < 1.29 is 99.3 Å². The normalized spacial score (nSPS) is 55.0. The lowest BCUT2D eigenvalue weighted by molar-refractivity contribution is -0.397. The molecule has 0 unspecified atom stereocenters. The zero-order valence-corrected chi connectivity index (χ0v) is 39.9. The molecule has 20 nitrogen and oxygen atoms in total. The van der Waals surface area contributed by atoms with Crippen molar-refractivity contribution >= 4 is 11.8 Å². The van der Waals surface area contributed by atoms with Crippen LogP contribution in [0.3, 0.4) is 0 Å². The van der Waals surface area contributed by atoms with Gasteiger partial charge in [-0.05, 0) is 90.8 Å². The van der Waals surface area contributed by atoms with Crippen LogP contribution in [0, 0.1) is 50.2 Å². The third-order valence-electron chi connectivity index (χ3n) is 19.5. The Morgan fingerprint density at radius 3 is 1.85 bits per heavy atom. The van der Waals surface area contributed by atoms with E-state index in [2.05, 4.69) is 33.8 Å². The predicted molar refractivity (Wildman–Crippen MR) is 232 cm³/mol. The number of aliphatic carboxylic acids is 1. The van der Waals surface area contributed by atoms with Crippen molar-refractivity contribution in [1.29, 1.82) is 0 Å². The van der Waals surface area contributed by atoms with E-state index in [1.807, 2.05) is 13.8 Å². The van der Waals surface area contributed by atoms with Gasteiger partial charge < -0.3 is 89.7 Å². The largest absolute Gasteiger partial charge is 0.479 e. The molecule has 0 spiro atoms. The molecule has 3 heterocycles. The van der Waals surface area contributed by atoms with Gasteiger partial charge in [0, 0.05) is 23.9 Å². The number of hydrogen-bond acceptors (Lipinski definition) is 19. The first-order valence-corrected chi connectivity index (χ1v) is 24.4. The Labute approximate surface area is 396 Å². The highest BCUT2D eigenvalue weighted by atomic mass is 16.8. The summed E-state index contributed by atoms with van der Waals surface area (Å²) in [4.78, 5) is 26.3. The highest BCUT2D eigenvalue weighted by Gasteiger charge is 2.70. The summed E-state index contributed by atoms with van der Waals surface area (Å²) in [5, 5.41) is 128. The van der Waals surface area contributed by atoms with Gasteiger partial charge in [-0.15, -0.1) is 0 Å². The number of Topliss-reactive ketones (excluding diaryl/α,β-unsaturated/α-hetero) is 1. The Bertz CT molecular complexity index is 1900. The number of ether oxygens (including phenoxy) is 6. The van der Waals surface area contributed by atoms with E-state index in [0.717, 1.165) is 32.1 Å². The second-order valence-corrected chi connectivity index (χ2v) is 23.2. The van der Waals surface area contributed by atoms with Gasteiger partial charge in [-0.3, -0.25) is 4.79 Å². The van der Waals surface area contributed by atoms with Crippen molar-refractivity contribution in [3.8, 4) is 0 Å². The number of carbonyl (C=O) groups is 2. The average Bonchev–Trinajstić information content (AvgIpc) is 3.30. The Balaban J connectivity index is 1.08. The van der Waals surface area contributed by atoms with E-state index >= 15 is 0 Å². The number of rotatable bonds is 11. The molecule has 4 saturated carbocycles. The number of aliphatic hydroxyl groups excluding tert-OH is 11. The molecule has 25 atom stereocenters. The number of hydrogen-bond donors (Lipinski definition) is 12. The number of carboxylic acid groups (broad SMARTS) is 1. The molecular formula is C48H76O20. The number of carbonyl (C=O) groups excluding carboxylic acids is 1. The lowest BCUT2D eigenvalue weighted by atomic mass is 9.33. The highest BCUT2D eigenvalue weighted by Crippen LogP contribution is 2.75. The summed E-state index contributed by atoms with van der Waals surface area (Å²) in [5.74, 6) is -1.39. The van der Waals surface area contributed by atoms with Crippen LogP contribution < -0.4 is 0 Å². The Morgan fingerprint density at radius 2 is 1.25 bits per heavy atom. The van der Waals surface area contributed by atoms with Crippen LogP contribution >= 0.6 is 0 Å². The standard InChI is InChI=1S/C48H76O20/c1-43(19-51)15-22-21-7-8-26-45(3)11-10-28(46(4,20-52)25(45)9-12-48(26,6)47(21,5)14-13-44(22,2)27(53)16-43)65-42-38(34(59)33(58)36(66-42)39(61)62)68-41-37(32(57)30(55)24(18-50)64-41)67-40-35(60)31(56)29(54)23(17-49)63-40/h7,22-26,28-38,40-42,49-52,54-60H,8-20H2,1-6H3,(H,61,62)/t22-,23+,24+,25+,26+,28-,29+,30-,31-,32-,33-,34-,35+,36-,37+,38+,40-,41-,42+,43-,44+,45-,46+,47+,48+/m0/s1. The number of carboxylic acids is 1. The summed E-state index contributed by atoms with van der Waals surface area (Å²) in [6, 6.07) is 0. The van der Waals surface area contributed by atoms with Crippen molar-refractivity contribution in [3.05, 3.63) is 11.6 Å². The van der Waals surface area contributed by atoms with Crippen LogP contribution in [0.25, 0.3) is 0 Å². The lowest BCUT2D eigenvalue weighted by Gasteiger charge is -2.71. The molecule has 8 rings (SSSR count). The van der Waals surface area contributed by atoms with Crippen LogP contribution in [-0.2, 0) is 38.0 Å². The summed E-state index contributed by atoms with van der Waals surface area (Å²) in [6.07, 6.45) is -20.5. The molecule has 68 heavy (non-hydrogen) atoms. The van der Waals surface area contributed by atoms with Gasteiger partial charge >= 0.3 is 5.97 Å². The third kappa shape index (κ3) is 7.99. The zero-order chi connectivity index (χ0) is 49.8. The zero-order valence-electron chi connectivity index (χ0n) is 39.9. The first-order valence-electron chi connectivity index (χ1n) is 24.4. The summed E-state index contributed by atoms with van der Waals surface area (Å²) >= 11 is 0. The van der Waals surface area contributed by atoms with E-state index in [4.69, 9.17) is 28.4 Å². The van der Waals surface area contributed by atoms with Crippen LogP contribution in [0.5, 0.6) is 0 Å². The molecule has 0 radical (unpaired) electrons. The average molecular weight is 973 g/mol. The smallest absolute Gasteiger partial charge is 0.335 e. The van der Waals surface area contributed by atoms with Crippen LogP contribution in [0.4, 0.5) is 0 Å². The minimum absolute atomic E-state index is 0.0142. The van der Waals surface area contributed by atoms with Gasteiger partial charge in [0.1, 0.15) is 72.9 Å². The van der Waals surface area contributed by atoms with E-state index in [9.17, 15) is 70.9 Å². The third-order valence-corrected chi connectivity index (χ3v) is 19.5. The summed E-state index contributed by atoms with van der Waals surface area (Å²) < 4.78 is 35.9. The molecular weight excluding hydrogens is 897 g/mol. The number of allylic oxidation sites excluding steroid dienone is 2. The van der Waals surface area contributed by atoms with Crippen LogP contribution in [0.15, 0.2) is 11.6 Å². The maximum Gasteiger partial charge on any atom is 0.335 e. The maximum absolute atomic E-state index is 13.9. The second-order valence-electron chi connectivity index (χ2n) is 23.2. The fourth-order valence-corrected chi connectivity index (χ4v) is 15.0. The fraction of sp³-hybridized carbons (Fsp3) is 0.917. The predicted octanol–water partition coefficient (Wildman–Crippen LogP) is -1.14. The first kappa shape index (κ1) is 52.5. The second kappa shape index (κ2) is 18.6. The molecule has 0 aromatic rings. The molecule has 0 amide bonds. The van der Waals surface area contributed by atoms with Gasteiger partial charge in [0.15, 0.2) is 25.0 Å². The van der Waals surface area contributed by atoms with Crippen LogP contribution in [0.1, 0.15) is 99.3 Å². The molecule has 7 fully saturated rings. The van der Waals surface area contributed by atoms with Crippen molar-refractivity contribution in [2.24, 2.45) is 50.2 Å². The molecule has 20 heteroatoms. The molecule has 3 saturated heterocycles. The van der Waals surface area contributed by atoms with Crippen LogP contribution in [-0.4, -0.2) is 198 Å². The number of aliphatic hydroxyl groups is 11. The molecule has 0 bridgehead atoms. The van der Waals surface area contributed by atoms with E-state index in [0.29, 0.717) is 25.7 Å². The van der Waals surface area contributed by atoms with Crippen molar-refractivity contribution in [2.75, 3.05) is 26.4 Å². The summed E-state index contributed by atoms with van der Waals surface area (Å²) in [5.41, 5.74) is -1.43. The molecule has 0 aromatic carbocycles. The van der Waals surface area contributed by atoms with Gasteiger partial charge in [0.2, 0.25) is 0 Å². The fourth-order valence-electron chi connectivity index (χ4n) is 15.0. The molecule has 8 aliphatic rings. The Hall–Kier alpha value is -1.80. The van der Waals surface area contributed by atoms with Gasteiger partial charge in [0.25, 0.3) is 0 Å². The molecule has 0 aromatic heterocycles. The van der Waals surface area contributed by atoms with Gasteiger partial charge in [-0.1, -0.05) is 53.2 Å². The first-order chi connectivity index (χ1) is 31.8. The van der Waals surface area contributed by atoms with E-state index in [-0.39, 0.29) is 53.0 Å². The SMILES string of the molecule is C[C@@]1(CO)CC(=O)[C@]2(C)CC[C@]3(C)C(=CC[C@@H]4[C@@]5(C)CC[C@H](O[C@@H]6O[C@H](C(=O)O)[C@@H](O)[C@H](O)[C@H]6O[C@@H]6O[C@H](CO)[C@H](O)[C@H](O)[C@H]6O[C@@H]6O[C@H](CO)[C@@H](O)[C@H](O)[C@H]6O)[C@](C)(CO)[C@@H]5CC[C@]43C)[C@@H]2C1. The van der Waals surface area contributed by atoms with Crippen molar-refractivity contribution in [3.63, 3.8) is 0 Å². The minimum Gasteiger partial charge on any atom is -0.479 e. The van der Waals surface area contributed by atoms with E-state index in [1.165, 1.54) is 5.57 Å². The van der Waals surface area contributed by atoms with Gasteiger partial charge in [-0.25, -0.2) is 4.79 Å². The van der Waals surface area contributed by atoms with Crippen LogP contribution in [0.2, 0.25) is 0 Å². The Morgan fingerprint density at radius 1 is 0.662 bits per heavy atom. The molecule has 12 N–H and O–H groups in total. The van der Waals surface area contributed by atoms with Crippen molar-refractivity contribution in [1.82, 2.24) is 0 Å². The van der Waals surface area contributed by atoms with E-state index in [1.54, 1.807) is 0 Å². The monoisotopic (exact) mass is 972 g/mol. The molecule has 5 aliphatic carbocycles. The number of fused-ring (bicyclic) bond motifs is 7. The van der Waals surface area contributed by atoms with Gasteiger partial charge in [-0.2, -0.15) is 0 Å². The topological polar surface area (TPSA) is 332 Å². The highest BCUT2D eigenvalue weighted by molar-refractivity contribution is 5.87. The maximum atomic E-state index is 13.9. The molecule has 3 aliphatic heterocycles.